The second-order valence-corrected chi connectivity index (χ2v) is 6.23. The zero-order chi connectivity index (χ0) is 13.8. The van der Waals surface area contributed by atoms with Gasteiger partial charge in [0.25, 0.3) is 0 Å². The number of carbonyl (C=O) groups is 1. The van der Waals surface area contributed by atoms with Crippen molar-refractivity contribution >= 4 is 21.8 Å². The number of rotatable bonds is 2. The van der Waals surface area contributed by atoms with Crippen LogP contribution in [0.2, 0.25) is 0 Å². The third kappa shape index (κ3) is 1.90. The second kappa shape index (κ2) is 3.81. The van der Waals surface area contributed by atoms with E-state index in [0.29, 0.717) is 13.1 Å². The highest BCUT2D eigenvalue weighted by Gasteiger charge is 2.37. The molecule has 3 rings (SSSR count). The molecule has 19 heavy (non-hydrogen) atoms. The van der Waals surface area contributed by atoms with Gasteiger partial charge in [-0.25, -0.2) is 23.0 Å². The Morgan fingerprint density at radius 2 is 2.21 bits per heavy atom. The van der Waals surface area contributed by atoms with E-state index in [1.807, 2.05) is 6.08 Å². The van der Waals surface area contributed by atoms with Gasteiger partial charge < -0.3 is 9.80 Å². The first kappa shape index (κ1) is 12.2. The first-order valence-electron chi connectivity index (χ1n) is 5.66. The van der Waals surface area contributed by atoms with Gasteiger partial charge in [0.15, 0.2) is 0 Å². The normalized spacial score (nSPS) is 22.9. The van der Waals surface area contributed by atoms with Crippen molar-refractivity contribution in [2.45, 2.75) is 10.9 Å². The molecule has 0 aromatic carbocycles. The summed E-state index contributed by atoms with van der Waals surface area (Å²) >= 11 is 0. The van der Waals surface area contributed by atoms with Gasteiger partial charge in [-0.1, -0.05) is 0 Å². The highest BCUT2D eigenvalue weighted by atomic mass is 32.2. The van der Waals surface area contributed by atoms with E-state index in [1.54, 1.807) is 16.8 Å². The van der Waals surface area contributed by atoms with Crippen molar-refractivity contribution in [1.82, 2.24) is 19.6 Å². The van der Waals surface area contributed by atoms with Gasteiger partial charge in [0.05, 0.1) is 30.7 Å². The smallest absolute Gasteiger partial charge is 0.319 e. The molecule has 2 bridgehead atoms. The molecule has 102 valence electrons. The maximum absolute atomic E-state index is 11.8. The molecule has 1 aromatic rings. The van der Waals surface area contributed by atoms with Crippen LogP contribution in [-0.2, 0) is 10.0 Å². The number of urea groups is 1. The highest BCUT2D eigenvalue weighted by Crippen LogP contribution is 2.25. The van der Waals surface area contributed by atoms with Crippen molar-refractivity contribution in [1.29, 1.82) is 0 Å². The van der Waals surface area contributed by atoms with Gasteiger partial charge in [0, 0.05) is 13.6 Å². The SMILES string of the molecule is CN1C(=O)N2CC(n3cc(S(N)(=O)=O)cn3)=CC1C2. The van der Waals surface area contributed by atoms with E-state index < -0.39 is 10.0 Å². The number of aromatic nitrogens is 2. The molecule has 1 aromatic heterocycles. The summed E-state index contributed by atoms with van der Waals surface area (Å²) in [7, 11) is -2.01. The largest absolute Gasteiger partial charge is 0.320 e. The number of likely N-dealkylation sites (N-methyl/N-ethyl adjacent to an activating group) is 1. The maximum atomic E-state index is 11.8. The van der Waals surface area contributed by atoms with Crippen LogP contribution < -0.4 is 5.14 Å². The molecule has 1 unspecified atom stereocenters. The number of amides is 2. The number of primary sulfonamides is 1. The fourth-order valence-electron chi connectivity index (χ4n) is 2.32. The van der Waals surface area contributed by atoms with Crippen molar-refractivity contribution in [3.8, 4) is 0 Å². The van der Waals surface area contributed by atoms with Crippen LogP contribution in [0.15, 0.2) is 23.4 Å². The summed E-state index contributed by atoms with van der Waals surface area (Å²) < 4.78 is 23.9. The van der Waals surface area contributed by atoms with E-state index >= 15 is 0 Å². The molecule has 1 fully saturated rings. The molecule has 2 aliphatic heterocycles. The van der Waals surface area contributed by atoms with Crippen LogP contribution in [0.4, 0.5) is 4.79 Å². The van der Waals surface area contributed by atoms with Crippen LogP contribution in [0.3, 0.4) is 0 Å². The lowest BCUT2D eigenvalue weighted by atomic mass is 10.2. The number of hydrogen-bond acceptors (Lipinski definition) is 4. The van der Waals surface area contributed by atoms with Gasteiger partial charge in [-0.05, 0) is 6.08 Å². The van der Waals surface area contributed by atoms with E-state index in [1.165, 1.54) is 17.1 Å². The van der Waals surface area contributed by atoms with E-state index in [2.05, 4.69) is 5.10 Å². The summed E-state index contributed by atoms with van der Waals surface area (Å²) in [5, 5.41) is 9.02. The van der Waals surface area contributed by atoms with Gasteiger partial charge in [-0.15, -0.1) is 0 Å². The number of hydrogen-bond donors (Lipinski definition) is 1. The fourth-order valence-corrected chi connectivity index (χ4v) is 2.76. The molecule has 3 heterocycles. The molecule has 0 radical (unpaired) electrons. The third-order valence-electron chi connectivity index (χ3n) is 3.40. The van der Waals surface area contributed by atoms with Crippen LogP contribution in [0.1, 0.15) is 0 Å². The summed E-state index contributed by atoms with van der Waals surface area (Å²) in [6.45, 7) is 1.06. The minimum atomic E-state index is -3.76. The summed E-state index contributed by atoms with van der Waals surface area (Å²) in [6.07, 6.45) is 4.48. The number of sulfonamides is 1. The topological polar surface area (TPSA) is 102 Å². The summed E-state index contributed by atoms with van der Waals surface area (Å²) in [4.78, 5) is 15.1. The number of carbonyl (C=O) groups excluding carboxylic acids is 1. The van der Waals surface area contributed by atoms with Crippen molar-refractivity contribution in [3.63, 3.8) is 0 Å². The van der Waals surface area contributed by atoms with E-state index in [-0.39, 0.29) is 17.0 Å². The van der Waals surface area contributed by atoms with Crippen LogP contribution >= 0.6 is 0 Å². The number of nitrogens with two attached hydrogens (primary N) is 1. The Labute approximate surface area is 110 Å². The lowest BCUT2D eigenvalue weighted by Crippen LogP contribution is -2.31. The van der Waals surface area contributed by atoms with E-state index in [4.69, 9.17) is 5.14 Å². The third-order valence-corrected chi connectivity index (χ3v) is 4.26. The number of fused-ring (bicyclic) bond motifs is 2. The Kier molecular flexibility index (Phi) is 2.44. The molecule has 0 aliphatic carbocycles. The Balaban J connectivity index is 1.94. The molecule has 0 saturated carbocycles. The van der Waals surface area contributed by atoms with Crippen LogP contribution in [-0.4, -0.2) is 60.2 Å². The predicted molar refractivity (Wildman–Crippen MR) is 66.4 cm³/mol. The van der Waals surface area contributed by atoms with Gasteiger partial charge in [0.1, 0.15) is 4.90 Å². The number of nitrogens with zero attached hydrogens (tertiary/aromatic N) is 4. The molecule has 2 amide bonds. The molecule has 1 atom stereocenters. The Hall–Kier alpha value is -1.87. The zero-order valence-corrected chi connectivity index (χ0v) is 11.0. The van der Waals surface area contributed by atoms with Crippen molar-refractivity contribution in [3.05, 3.63) is 18.5 Å². The maximum Gasteiger partial charge on any atom is 0.320 e. The standard InChI is InChI=1S/C10H13N5O3S/c1-13-7-2-8(5-14(4-7)10(13)16)15-6-9(3-12-15)19(11,17)18/h2-3,6-7H,4-5H2,1H3,(H2,11,17,18). The zero-order valence-electron chi connectivity index (χ0n) is 10.2. The van der Waals surface area contributed by atoms with Crippen molar-refractivity contribution in [2.24, 2.45) is 5.14 Å². The molecule has 8 nitrogen and oxygen atoms in total. The summed E-state index contributed by atoms with van der Waals surface area (Å²) in [5.41, 5.74) is 0.767. The average Bonchev–Trinajstić information content (AvgIpc) is 2.91. The molecule has 2 aliphatic rings. The minimum absolute atomic E-state index is 0.00150. The molecule has 9 heteroatoms. The Morgan fingerprint density at radius 3 is 2.79 bits per heavy atom. The quantitative estimate of drug-likeness (QED) is 0.761. The molecular formula is C10H13N5O3S. The first-order valence-corrected chi connectivity index (χ1v) is 7.21. The van der Waals surface area contributed by atoms with Gasteiger partial charge in [0.2, 0.25) is 10.0 Å². The van der Waals surface area contributed by atoms with Gasteiger partial charge in [-0.3, -0.25) is 0 Å². The fraction of sp³-hybridized carbons (Fsp3) is 0.400. The Bertz CT molecular complexity index is 677. The van der Waals surface area contributed by atoms with Crippen LogP contribution in [0.25, 0.3) is 5.70 Å². The minimum Gasteiger partial charge on any atom is -0.319 e. The lowest BCUT2D eigenvalue weighted by molar-refractivity contribution is 0.201. The predicted octanol–water partition coefficient (Wildman–Crippen LogP) is -0.879. The van der Waals surface area contributed by atoms with Crippen LogP contribution in [0, 0.1) is 0 Å². The van der Waals surface area contributed by atoms with E-state index in [9.17, 15) is 13.2 Å². The average molecular weight is 283 g/mol. The van der Waals surface area contributed by atoms with Gasteiger partial charge in [-0.2, -0.15) is 5.10 Å². The summed E-state index contributed by atoms with van der Waals surface area (Å²) in [5.74, 6) is 0. The molecule has 0 spiro atoms. The molecular weight excluding hydrogens is 270 g/mol. The second-order valence-electron chi connectivity index (χ2n) is 4.66. The van der Waals surface area contributed by atoms with Gasteiger partial charge >= 0.3 is 6.03 Å². The molecule has 1 saturated heterocycles. The van der Waals surface area contributed by atoms with Crippen LogP contribution in [0.5, 0.6) is 0 Å². The lowest BCUT2D eigenvalue weighted by Gasteiger charge is -2.21. The summed E-state index contributed by atoms with van der Waals surface area (Å²) in [6, 6.07) is -0.0338. The monoisotopic (exact) mass is 283 g/mol. The van der Waals surface area contributed by atoms with E-state index in [0.717, 1.165) is 5.70 Å². The van der Waals surface area contributed by atoms with Crippen molar-refractivity contribution < 1.29 is 13.2 Å². The highest BCUT2D eigenvalue weighted by molar-refractivity contribution is 7.89. The molecule has 2 N–H and O–H groups in total. The van der Waals surface area contributed by atoms with Crippen molar-refractivity contribution in [2.75, 3.05) is 20.1 Å². The Morgan fingerprint density at radius 1 is 1.47 bits per heavy atom. The first-order chi connectivity index (χ1) is 8.86.